The SMILES string of the molecule is CCOc1ccccc1-n1nc(-c2cccs2)c2c1NCCCC2. The highest BCUT2D eigenvalue weighted by Gasteiger charge is 2.23. The molecule has 3 heterocycles. The van der Waals surface area contributed by atoms with E-state index in [9.17, 15) is 0 Å². The van der Waals surface area contributed by atoms with Gasteiger partial charge in [0.05, 0.1) is 11.5 Å². The van der Waals surface area contributed by atoms with Crippen molar-refractivity contribution in [1.82, 2.24) is 9.78 Å². The Balaban J connectivity index is 1.90. The Labute approximate surface area is 146 Å². The van der Waals surface area contributed by atoms with Crippen molar-refractivity contribution in [2.24, 2.45) is 0 Å². The van der Waals surface area contributed by atoms with E-state index in [0.29, 0.717) is 6.61 Å². The first-order valence-corrected chi connectivity index (χ1v) is 9.38. The summed E-state index contributed by atoms with van der Waals surface area (Å²) in [4.78, 5) is 1.22. The van der Waals surface area contributed by atoms with E-state index in [0.717, 1.165) is 35.9 Å². The van der Waals surface area contributed by atoms with Crippen molar-refractivity contribution in [1.29, 1.82) is 0 Å². The van der Waals surface area contributed by atoms with E-state index in [4.69, 9.17) is 9.84 Å². The van der Waals surface area contributed by atoms with Crippen molar-refractivity contribution < 1.29 is 4.74 Å². The van der Waals surface area contributed by atoms with Gasteiger partial charge in [0.15, 0.2) is 0 Å². The van der Waals surface area contributed by atoms with Gasteiger partial charge in [-0.3, -0.25) is 0 Å². The van der Waals surface area contributed by atoms with Crippen LogP contribution in [0.1, 0.15) is 25.3 Å². The normalized spacial score (nSPS) is 13.9. The second kappa shape index (κ2) is 6.69. The maximum atomic E-state index is 5.83. The van der Waals surface area contributed by atoms with Crippen LogP contribution in [0, 0.1) is 0 Å². The summed E-state index contributed by atoms with van der Waals surface area (Å²) < 4.78 is 7.86. The molecule has 24 heavy (non-hydrogen) atoms. The summed E-state index contributed by atoms with van der Waals surface area (Å²) in [5, 5.41) is 10.7. The highest BCUT2D eigenvalue weighted by Crippen LogP contribution is 2.37. The fourth-order valence-corrected chi connectivity index (χ4v) is 3.93. The average molecular weight is 339 g/mol. The Bertz CT molecular complexity index is 823. The molecule has 1 aliphatic rings. The first-order chi connectivity index (χ1) is 11.9. The largest absolute Gasteiger partial charge is 0.492 e. The standard InChI is InChI=1S/C19H21N3OS/c1-2-23-16-10-4-3-9-15(16)22-19-14(8-5-6-12-20-19)18(21-22)17-11-7-13-24-17/h3-4,7,9-11,13,20H,2,5-6,8,12H2,1H3. The molecule has 0 radical (unpaired) electrons. The third-order valence-electron chi connectivity index (χ3n) is 4.28. The van der Waals surface area contributed by atoms with Gasteiger partial charge >= 0.3 is 0 Å². The van der Waals surface area contributed by atoms with Crippen molar-refractivity contribution in [2.75, 3.05) is 18.5 Å². The Morgan fingerprint density at radius 2 is 2.12 bits per heavy atom. The number of hydrogen-bond donors (Lipinski definition) is 1. The number of para-hydroxylation sites is 2. The summed E-state index contributed by atoms with van der Waals surface area (Å²) in [7, 11) is 0. The minimum atomic E-state index is 0.645. The van der Waals surface area contributed by atoms with Crippen LogP contribution in [0.2, 0.25) is 0 Å². The van der Waals surface area contributed by atoms with Gasteiger partial charge < -0.3 is 10.1 Å². The predicted octanol–water partition coefficient (Wildman–Crippen LogP) is 4.75. The van der Waals surface area contributed by atoms with Gasteiger partial charge in [0, 0.05) is 12.1 Å². The van der Waals surface area contributed by atoms with Crippen LogP contribution < -0.4 is 10.1 Å². The molecule has 3 aromatic rings. The molecule has 1 aliphatic heterocycles. The topological polar surface area (TPSA) is 39.1 Å². The zero-order valence-electron chi connectivity index (χ0n) is 13.8. The first kappa shape index (κ1) is 15.3. The number of nitrogens with zero attached hydrogens (tertiary/aromatic N) is 2. The van der Waals surface area contributed by atoms with Crippen molar-refractivity contribution >= 4 is 17.2 Å². The lowest BCUT2D eigenvalue weighted by atomic mass is 10.1. The number of benzene rings is 1. The van der Waals surface area contributed by atoms with Gasteiger partial charge in [0.25, 0.3) is 0 Å². The zero-order chi connectivity index (χ0) is 16.4. The number of hydrogen-bond acceptors (Lipinski definition) is 4. The molecule has 0 unspecified atom stereocenters. The number of nitrogens with one attached hydrogen (secondary N) is 1. The lowest BCUT2D eigenvalue weighted by Crippen LogP contribution is -2.08. The van der Waals surface area contributed by atoms with Crippen LogP contribution in [-0.2, 0) is 6.42 Å². The van der Waals surface area contributed by atoms with Crippen molar-refractivity contribution in [3.05, 3.63) is 47.3 Å². The van der Waals surface area contributed by atoms with Gasteiger partial charge in [0.2, 0.25) is 0 Å². The van der Waals surface area contributed by atoms with Crippen molar-refractivity contribution in [3.63, 3.8) is 0 Å². The van der Waals surface area contributed by atoms with Gasteiger partial charge in [-0.05, 0) is 49.8 Å². The van der Waals surface area contributed by atoms with Crippen LogP contribution >= 0.6 is 11.3 Å². The summed E-state index contributed by atoms with van der Waals surface area (Å²) in [6.45, 7) is 3.64. The Morgan fingerprint density at radius 3 is 2.96 bits per heavy atom. The highest BCUT2D eigenvalue weighted by molar-refractivity contribution is 7.13. The second-order valence-corrected chi connectivity index (χ2v) is 6.80. The van der Waals surface area contributed by atoms with Crippen LogP contribution in [0.5, 0.6) is 5.75 Å². The number of rotatable bonds is 4. The minimum absolute atomic E-state index is 0.645. The Morgan fingerprint density at radius 1 is 1.21 bits per heavy atom. The average Bonchev–Trinajstić information content (AvgIpc) is 3.18. The zero-order valence-corrected chi connectivity index (χ0v) is 14.6. The van der Waals surface area contributed by atoms with Crippen LogP contribution in [0.3, 0.4) is 0 Å². The molecule has 0 saturated heterocycles. The monoisotopic (exact) mass is 339 g/mol. The molecule has 2 aromatic heterocycles. The summed E-state index contributed by atoms with van der Waals surface area (Å²) in [6.07, 6.45) is 3.44. The van der Waals surface area contributed by atoms with E-state index in [1.165, 1.54) is 23.3 Å². The lowest BCUT2D eigenvalue weighted by molar-refractivity contribution is 0.338. The molecule has 1 N–H and O–H groups in total. The van der Waals surface area contributed by atoms with Crippen LogP contribution in [0.4, 0.5) is 5.82 Å². The molecule has 0 atom stereocenters. The molecule has 4 rings (SSSR count). The highest BCUT2D eigenvalue weighted by atomic mass is 32.1. The van der Waals surface area contributed by atoms with E-state index in [1.807, 2.05) is 29.8 Å². The fraction of sp³-hybridized carbons (Fsp3) is 0.316. The van der Waals surface area contributed by atoms with Crippen LogP contribution in [0.25, 0.3) is 16.3 Å². The maximum Gasteiger partial charge on any atom is 0.145 e. The quantitative estimate of drug-likeness (QED) is 0.746. The number of fused-ring (bicyclic) bond motifs is 1. The summed E-state index contributed by atoms with van der Waals surface area (Å²) in [5.41, 5.74) is 3.41. The smallest absolute Gasteiger partial charge is 0.145 e. The number of aromatic nitrogens is 2. The molecular weight excluding hydrogens is 318 g/mol. The Kier molecular flexibility index (Phi) is 4.26. The van der Waals surface area contributed by atoms with Crippen LogP contribution in [0.15, 0.2) is 41.8 Å². The van der Waals surface area contributed by atoms with E-state index < -0.39 is 0 Å². The van der Waals surface area contributed by atoms with Crippen molar-refractivity contribution in [2.45, 2.75) is 26.2 Å². The van der Waals surface area contributed by atoms with Gasteiger partial charge in [-0.25, -0.2) is 4.68 Å². The molecule has 1 aromatic carbocycles. The third kappa shape index (κ3) is 2.69. The lowest BCUT2D eigenvalue weighted by Gasteiger charge is -2.13. The Hall–Kier alpha value is -2.27. The fourth-order valence-electron chi connectivity index (χ4n) is 3.20. The first-order valence-electron chi connectivity index (χ1n) is 8.50. The maximum absolute atomic E-state index is 5.83. The van der Waals surface area contributed by atoms with E-state index in [-0.39, 0.29) is 0 Å². The van der Waals surface area contributed by atoms with Crippen molar-refractivity contribution in [3.8, 4) is 22.0 Å². The molecule has 0 bridgehead atoms. The van der Waals surface area contributed by atoms with Gasteiger partial charge in [-0.2, -0.15) is 5.10 Å². The molecule has 5 heteroatoms. The molecule has 0 aliphatic carbocycles. The van der Waals surface area contributed by atoms with E-state index in [2.05, 4.69) is 28.9 Å². The summed E-state index contributed by atoms with van der Waals surface area (Å²) in [6, 6.07) is 12.4. The number of thiophene rings is 1. The summed E-state index contributed by atoms with van der Waals surface area (Å²) >= 11 is 1.74. The molecule has 0 spiro atoms. The molecule has 124 valence electrons. The van der Waals surface area contributed by atoms with Gasteiger partial charge in [0.1, 0.15) is 22.9 Å². The molecular formula is C19H21N3OS. The molecule has 4 nitrogen and oxygen atoms in total. The summed E-state index contributed by atoms with van der Waals surface area (Å²) in [5.74, 6) is 1.98. The van der Waals surface area contributed by atoms with Crippen LogP contribution in [-0.4, -0.2) is 22.9 Å². The number of ether oxygens (including phenoxy) is 1. The van der Waals surface area contributed by atoms with Gasteiger partial charge in [-0.15, -0.1) is 11.3 Å². The third-order valence-corrected chi connectivity index (χ3v) is 5.15. The van der Waals surface area contributed by atoms with E-state index >= 15 is 0 Å². The van der Waals surface area contributed by atoms with Gasteiger partial charge in [-0.1, -0.05) is 18.2 Å². The molecule has 0 fully saturated rings. The molecule has 0 saturated carbocycles. The van der Waals surface area contributed by atoms with E-state index in [1.54, 1.807) is 11.3 Å². The minimum Gasteiger partial charge on any atom is -0.492 e. The molecule has 0 amide bonds. The predicted molar refractivity (Wildman–Crippen MR) is 99.5 cm³/mol. The number of anilines is 1. The second-order valence-electron chi connectivity index (χ2n) is 5.85.